The van der Waals surface area contributed by atoms with Gasteiger partial charge < -0.3 is 9.72 Å². The van der Waals surface area contributed by atoms with E-state index in [1.54, 1.807) is 49.4 Å². The second-order valence-electron chi connectivity index (χ2n) is 5.53. The van der Waals surface area contributed by atoms with Crippen molar-refractivity contribution in [3.63, 3.8) is 0 Å². The zero-order valence-corrected chi connectivity index (χ0v) is 14.8. The molecule has 0 bridgehead atoms. The molecule has 0 aliphatic heterocycles. The van der Waals surface area contributed by atoms with Crippen LogP contribution in [0.4, 0.5) is 0 Å². The molecule has 3 aromatic rings. The van der Waals surface area contributed by atoms with E-state index in [1.807, 2.05) is 0 Å². The summed E-state index contributed by atoms with van der Waals surface area (Å²) in [6.07, 6.45) is -0.647. The number of carbonyl (C=O) groups is 1. The molecule has 0 saturated heterocycles. The Hall–Kier alpha value is -2.37. The molecule has 1 heterocycles. The predicted octanol–water partition coefficient (Wildman–Crippen LogP) is 4.08. The van der Waals surface area contributed by atoms with E-state index in [1.165, 1.54) is 0 Å². The summed E-state index contributed by atoms with van der Waals surface area (Å²) in [6.45, 7) is 1.65. The molecule has 0 amide bonds. The minimum atomic E-state index is -0.687. The van der Waals surface area contributed by atoms with Gasteiger partial charge in [0.1, 0.15) is 0 Å². The molecule has 0 aliphatic carbocycles. The Morgan fingerprint density at radius 3 is 2.72 bits per heavy atom. The van der Waals surface area contributed by atoms with Crippen LogP contribution in [0.1, 0.15) is 24.4 Å². The maximum Gasteiger partial charge on any atom is 0.310 e. The first-order chi connectivity index (χ1) is 11.9. The van der Waals surface area contributed by atoms with Gasteiger partial charge in [0, 0.05) is 0 Å². The van der Waals surface area contributed by atoms with Crippen molar-refractivity contribution in [1.82, 2.24) is 9.97 Å². The third-order valence-corrected chi connectivity index (χ3v) is 4.40. The molecule has 3 rings (SSSR count). The molecule has 0 unspecified atom stereocenters. The Balaban J connectivity index is 1.75. The molecule has 0 radical (unpaired) electrons. The summed E-state index contributed by atoms with van der Waals surface area (Å²) in [5.74, 6) is -0.159. The molecule has 128 valence electrons. The van der Waals surface area contributed by atoms with Gasteiger partial charge in [-0.15, -0.1) is 0 Å². The molecular weight excluding hydrogens is 363 g/mol. The van der Waals surface area contributed by atoms with E-state index in [2.05, 4.69) is 9.97 Å². The maximum absolute atomic E-state index is 12.1. The zero-order chi connectivity index (χ0) is 18.0. The standard InChI is InChI=1S/C18H14Cl2N2O3/c1-10(17-21-15-5-3-2-4-12(15)18(24)22-17)25-16(23)9-11-6-7-13(19)14(20)8-11/h2-8,10H,9H2,1H3,(H,21,22,24)/t10-/m1/s1. The number of hydrogen-bond acceptors (Lipinski definition) is 4. The lowest BCUT2D eigenvalue weighted by Gasteiger charge is -2.13. The minimum Gasteiger partial charge on any atom is -0.454 e. The first-order valence-electron chi connectivity index (χ1n) is 7.56. The smallest absolute Gasteiger partial charge is 0.310 e. The van der Waals surface area contributed by atoms with Gasteiger partial charge in [-0.25, -0.2) is 4.98 Å². The van der Waals surface area contributed by atoms with Crippen molar-refractivity contribution in [2.75, 3.05) is 0 Å². The van der Waals surface area contributed by atoms with Gasteiger partial charge in [0.05, 0.1) is 27.4 Å². The number of carbonyl (C=O) groups excluding carboxylic acids is 1. The van der Waals surface area contributed by atoms with Crippen molar-refractivity contribution < 1.29 is 9.53 Å². The van der Waals surface area contributed by atoms with Crippen LogP contribution in [0.2, 0.25) is 10.0 Å². The van der Waals surface area contributed by atoms with Crippen LogP contribution in [0, 0.1) is 0 Å². The van der Waals surface area contributed by atoms with E-state index in [4.69, 9.17) is 27.9 Å². The van der Waals surface area contributed by atoms with Crippen molar-refractivity contribution in [3.05, 3.63) is 74.3 Å². The van der Waals surface area contributed by atoms with Gasteiger partial charge in [0.25, 0.3) is 5.56 Å². The minimum absolute atomic E-state index is 0.0407. The Bertz CT molecular complexity index is 1000. The van der Waals surface area contributed by atoms with Gasteiger partial charge in [0.15, 0.2) is 11.9 Å². The maximum atomic E-state index is 12.1. The summed E-state index contributed by atoms with van der Waals surface area (Å²) >= 11 is 11.8. The van der Waals surface area contributed by atoms with Crippen LogP contribution < -0.4 is 5.56 Å². The van der Waals surface area contributed by atoms with Gasteiger partial charge in [-0.1, -0.05) is 41.4 Å². The van der Waals surface area contributed by atoms with Gasteiger partial charge in [-0.05, 0) is 36.8 Å². The van der Waals surface area contributed by atoms with Crippen molar-refractivity contribution in [2.24, 2.45) is 0 Å². The third kappa shape index (κ3) is 4.00. The first-order valence-corrected chi connectivity index (χ1v) is 8.32. The van der Waals surface area contributed by atoms with Crippen LogP contribution in [-0.2, 0) is 16.0 Å². The topological polar surface area (TPSA) is 72.0 Å². The fourth-order valence-electron chi connectivity index (χ4n) is 2.41. The van der Waals surface area contributed by atoms with Crippen LogP contribution in [0.25, 0.3) is 10.9 Å². The van der Waals surface area contributed by atoms with Crippen LogP contribution in [0.15, 0.2) is 47.3 Å². The van der Waals surface area contributed by atoms with Crippen LogP contribution in [0.3, 0.4) is 0 Å². The van der Waals surface area contributed by atoms with E-state index >= 15 is 0 Å². The largest absolute Gasteiger partial charge is 0.454 e. The van der Waals surface area contributed by atoms with E-state index in [-0.39, 0.29) is 12.0 Å². The Kier molecular flexibility index (Phi) is 5.06. The highest BCUT2D eigenvalue weighted by Crippen LogP contribution is 2.23. The molecular formula is C18H14Cl2N2O3. The van der Waals surface area contributed by atoms with E-state index in [0.29, 0.717) is 32.3 Å². The summed E-state index contributed by atoms with van der Waals surface area (Å²) in [5, 5.41) is 1.28. The SMILES string of the molecule is C[C@@H](OC(=O)Cc1ccc(Cl)c(Cl)c1)c1nc2ccccc2c(=O)[nH]1. The van der Waals surface area contributed by atoms with Gasteiger partial charge >= 0.3 is 5.97 Å². The zero-order valence-electron chi connectivity index (χ0n) is 13.3. The highest BCUT2D eigenvalue weighted by Gasteiger charge is 2.16. The van der Waals surface area contributed by atoms with E-state index in [9.17, 15) is 9.59 Å². The Morgan fingerprint density at radius 2 is 1.96 bits per heavy atom. The normalized spacial score (nSPS) is 12.1. The average molecular weight is 377 g/mol. The Morgan fingerprint density at radius 1 is 1.20 bits per heavy atom. The third-order valence-electron chi connectivity index (χ3n) is 3.66. The van der Waals surface area contributed by atoms with E-state index in [0.717, 1.165) is 0 Å². The molecule has 0 spiro atoms. The molecule has 0 aliphatic rings. The molecule has 25 heavy (non-hydrogen) atoms. The second-order valence-corrected chi connectivity index (χ2v) is 6.34. The van der Waals surface area contributed by atoms with Crippen molar-refractivity contribution in [1.29, 1.82) is 0 Å². The molecule has 5 nitrogen and oxygen atoms in total. The number of esters is 1. The monoisotopic (exact) mass is 376 g/mol. The lowest BCUT2D eigenvalue weighted by molar-refractivity contribution is -0.148. The molecule has 7 heteroatoms. The predicted molar refractivity (Wildman–Crippen MR) is 97.0 cm³/mol. The molecule has 1 N–H and O–H groups in total. The summed E-state index contributed by atoms with van der Waals surface area (Å²) in [4.78, 5) is 31.2. The number of rotatable bonds is 4. The Labute approximate surface area is 153 Å². The molecule has 0 fully saturated rings. The highest BCUT2D eigenvalue weighted by atomic mass is 35.5. The fraction of sp³-hybridized carbons (Fsp3) is 0.167. The number of benzene rings is 2. The van der Waals surface area contributed by atoms with Crippen molar-refractivity contribution in [3.8, 4) is 0 Å². The summed E-state index contributed by atoms with van der Waals surface area (Å²) in [7, 11) is 0. The quantitative estimate of drug-likeness (QED) is 0.696. The number of nitrogens with zero attached hydrogens (tertiary/aromatic N) is 1. The lowest BCUT2D eigenvalue weighted by Crippen LogP contribution is -2.18. The average Bonchev–Trinajstić information content (AvgIpc) is 2.58. The first kappa shape index (κ1) is 17.5. The molecule has 1 aromatic heterocycles. The van der Waals surface area contributed by atoms with Crippen molar-refractivity contribution in [2.45, 2.75) is 19.4 Å². The number of para-hydroxylation sites is 1. The molecule has 0 saturated carbocycles. The number of halogens is 2. The number of aromatic nitrogens is 2. The van der Waals surface area contributed by atoms with Crippen molar-refractivity contribution >= 4 is 40.1 Å². The number of nitrogens with one attached hydrogen (secondary N) is 1. The van der Waals surface area contributed by atoms with Gasteiger partial charge in [0.2, 0.25) is 0 Å². The van der Waals surface area contributed by atoms with Crippen LogP contribution in [-0.4, -0.2) is 15.9 Å². The number of H-pyrrole nitrogens is 1. The second kappa shape index (κ2) is 7.25. The number of hydrogen-bond donors (Lipinski definition) is 1. The van der Waals surface area contributed by atoms with E-state index < -0.39 is 12.1 Å². The fourth-order valence-corrected chi connectivity index (χ4v) is 2.73. The molecule has 2 aromatic carbocycles. The lowest BCUT2D eigenvalue weighted by atomic mass is 10.1. The van der Waals surface area contributed by atoms with Crippen LogP contribution in [0.5, 0.6) is 0 Å². The summed E-state index contributed by atoms with van der Waals surface area (Å²) in [5.41, 5.74) is 0.966. The number of aromatic amines is 1. The van der Waals surface area contributed by atoms with Gasteiger partial charge in [-0.3, -0.25) is 9.59 Å². The van der Waals surface area contributed by atoms with Crippen LogP contribution >= 0.6 is 23.2 Å². The number of ether oxygens (including phenoxy) is 1. The number of fused-ring (bicyclic) bond motifs is 1. The molecule has 1 atom stereocenters. The summed E-state index contributed by atoms with van der Waals surface area (Å²) in [6, 6.07) is 11.9. The van der Waals surface area contributed by atoms with Gasteiger partial charge in [-0.2, -0.15) is 0 Å². The highest BCUT2D eigenvalue weighted by molar-refractivity contribution is 6.42. The summed E-state index contributed by atoms with van der Waals surface area (Å²) < 4.78 is 5.37.